The Bertz CT molecular complexity index is 1050. The van der Waals surface area contributed by atoms with Crippen LogP contribution in [0.3, 0.4) is 0 Å². The lowest BCUT2D eigenvalue weighted by Crippen LogP contribution is -2.55. The number of aromatic nitrogens is 2. The number of fused-ring (bicyclic) bond motifs is 4. The molecule has 0 radical (unpaired) electrons. The quantitative estimate of drug-likeness (QED) is 0.552. The molecule has 0 saturated heterocycles. The molecule has 2 N–H and O–H groups in total. The topological polar surface area (TPSA) is 76.0 Å². The summed E-state index contributed by atoms with van der Waals surface area (Å²) in [4.78, 5) is 30.5. The maximum Gasteiger partial charge on any atom is 0.253 e. The zero-order valence-corrected chi connectivity index (χ0v) is 15.9. The van der Waals surface area contributed by atoms with Gasteiger partial charge in [0.05, 0.1) is 16.6 Å². The van der Waals surface area contributed by atoms with Gasteiger partial charge >= 0.3 is 0 Å². The summed E-state index contributed by atoms with van der Waals surface area (Å²) >= 11 is 0. The number of hydrogen-bond acceptors (Lipinski definition) is 3. The SMILES string of the molecule is CCCCNC(=O)C1C(=O)NC(C)(C)c2nc3cc4ccccc4cc3n21. The molecule has 140 valence electrons. The summed E-state index contributed by atoms with van der Waals surface area (Å²) in [7, 11) is 0. The normalized spacial score (nSPS) is 18.3. The molecule has 0 bridgehead atoms. The van der Waals surface area contributed by atoms with Crippen LogP contribution in [0, 0.1) is 0 Å². The molecular formula is C21H24N4O2. The Kier molecular flexibility index (Phi) is 4.13. The molecule has 2 aromatic carbocycles. The second-order valence-electron chi connectivity index (χ2n) is 7.65. The summed E-state index contributed by atoms with van der Waals surface area (Å²) in [5, 5.41) is 7.99. The van der Waals surface area contributed by atoms with Gasteiger partial charge in [0.1, 0.15) is 5.82 Å². The van der Waals surface area contributed by atoms with Crippen LogP contribution >= 0.6 is 0 Å². The van der Waals surface area contributed by atoms with E-state index in [1.165, 1.54) is 0 Å². The molecule has 1 aromatic heterocycles. The minimum absolute atomic E-state index is 0.287. The van der Waals surface area contributed by atoms with Crippen molar-refractivity contribution in [1.82, 2.24) is 20.2 Å². The van der Waals surface area contributed by atoms with Crippen LogP contribution < -0.4 is 10.6 Å². The molecular weight excluding hydrogens is 340 g/mol. The molecule has 6 nitrogen and oxygen atoms in total. The van der Waals surface area contributed by atoms with E-state index in [2.05, 4.69) is 17.6 Å². The molecule has 2 heterocycles. The van der Waals surface area contributed by atoms with Crippen LogP contribution in [0.1, 0.15) is 45.5 Å². The highest BCUT2D eigenvalue weighted by atomic mass is 16.2. The third-order valence-corrected chi connectivity index (χ3v) is 5.14. The van der Waals surface area contributed by atoms with Gasteiger partial charge in [-0.3, -0.25) is 9.59 Å². The second-order valence-corrected chi connectivity index (χ2v) is 7.65. The van der Waals surface area contributed by atoms with Gasteiger partial charge < -0.3 is 15.2 Å². The Hall–Kier alpha value is -2.89. The van der Waals surface area contributed by atoms with Crippen molar-refractivity contribution >= 4 is 33.6 Å². The van der Waals surface area contributed by atoms with E-state index in [1.54, 1.807) is 0 Å². The van der Waals surface area contributed by atoms with E-state index in [9.17, 15) is 9.59 Å². The molecule has 4 rings (SSSR count). The molecule has 1 atom stereocenters. The molecule has 1 aliphatic rings. The number of carbonyl (C=O) groups excluding carboxylic acids is 2. The maximum absolute atomic E-state index is 12.8. The Morgan fingerprint density at radius 1 is 1.26 bits per heavy atom. The van der Waals surface area contributed by atoms with Crippen molar-refractivity contribution in [3.05, 3.63) is 42.2 Å². The summed E-state index contributed by atoms with van der Waals surface area (Å²) < 4.78 is 1.81. The summed E-state index contributed by atoms with van der Waals surface area (Å²) in [5.41, 5.74) is 0.949. The fourth-order valence-corrected chi connectivity index (χ4v) is 3.75. The van der Waals surface area contributed by atoms with Crippen LogP contribution in [0.2, 0.25) is 0 Å². The largest absolute Gasteiger partial charge is 0.354 e. The van der Waals surface area contributed by atoms with E-state index in [0.717, 1.165) is 34.6 Å². The van der Waals surface area contributed by atoms with Crippen LogP contribution in [0.15, 0.2) is 36.4 Å². The van der Waals surface area contributed by atoms with Gasteiger partial charge in [-0.05, 0) is 43.2 Å². The van der Waals surface area contributed by atoms with Gasteiger partial charge in [-0.25, -0.2) is 4.98 Å². The van der Waals surface area contributed by atoms with Crippen LogP contribution in [0.4, 0.5) is 0 Å². The number of carbonyl (C=O) groups is 2. The Morgan fingerprint density at radius 2 is 1.96 bits per heavy atom. The molecule has 1 unspecified atom stereocenters. The molecule has 1 aliphatic heterocycles. The fraction of sp³-hybridized carbons (Fsp3) is 0.381. The van der Waals surface area contributed by atoms with Gasteiger partial charge in [0.25, 0.3) is 11.8 Å². The predicted molar refractivity (Wildman–Crippen MR) is 105 cm³/mol. The fourth-order valence-electron chi connectivity index (χ4n) is 3.75. The number of nitrogens with zero attached hydrogens (tertiary/aromatic N) is 2. The third-order valence-electron chi connectivity index (χ3n) is 5.14. The first-order chi connectivity index (χ1) is 12.9. The van der Waals surface area contributed by atoms with Crippen molar-refractivity contribution in [2.45, 2.75) is 45.2 Å². The lowest BCUT2D eigenvalue weighted by atomic mass is 9.99. The van der Waals surface area contributed by atoms with Crippen LogP contribution in [-0.2, 0) is 15.1 Å². The minimum Gasteiger partial charge on any atom is -0.354 e. The monoisotopic (exact) mass is 364 g/mol. The number of rotatable bonds is 4. The van der Waals surface area contributed by atoms with E-state index < -0.39 is 11.6 Å². The van der Waals surface area contributed by atoms with Gasteiger partial charge in [0.15, 0.2) is 6.04 Å². The summed E-state index contributed by atoms with van der Waals surface area (Å²) in [6.07, 6.45) is 1.86. The lowest BCUT2D eigenvalue weighted by molar-refractivity contribution is -0.136. The number of hydrogen-bond donors (Lipinski definition) is 2. The van der Waals surface area contributed by atoms with E-state index in [1.807, 2.05) is 54.8 Å². The highest BCUT2D eigenvalue weighted by Gasteiger charge is 2.43. The van der Waals surface area contributed by atoms with Crippen molar-refractivity contribution in [1.29, 1.82) is 0 Å². The number of nitrogens with one attached hydrogen (secondary N) is 2. The average Bonchev–Trinajstić information content (AvgIpc) is 2.99. The van der Waals surface area contributed by atoms with Crippen molar-refractivity contribution in [2.75, 3.05) is 6.54 Å². The summed E-state index contributed by atoms with van der Waals surface area (Å²) in [5.74, 6) is 0.113. The number of unbranched alkanes of at least 4 members (excludes halogenated alkanes) is 1. The first kappa shape index (κ1) is 17.5. The predicted octanol–water partition coefficient (Wildman–Crippen LogP) is 3.01. The van der Waals surface area contributed by atoms with Crippen molar-refractivity contribution in [3.8, 4) is 0 Å². The Labute approximate surface area is 157 Å². The van der Waals surface area contributed by atoms with Gasteiger partial charge in [0.2, 0.25) is 0 Å². The Balaban J connectivity index is 1.90. The second kappa shape index (κ2) is 6.37. The third kappa shape index (κ3) is 2.85. The van der Waals surface area contributed by atoms with Crippen molar-refractivity contribution in [2.24, 2.45) is 0 Å². The van der Waals surface area contributed by atoms with Gasteiger partial charge in [-0.15, -0.1) is 0 Å². The number of benzene rings is 2. The van der Waals surface area contributed by atoms with E-state index in [0.29, 0.717) is 12.4 Å². The zero-order valence-electron chi connectivity index (χ0n) is 15.9. The van der Waals surface area contributed by atoms with Crippen molar-refractivity contribution < 1.29 is 9.59 Å². The van der Waals surface area contributed by atoms with Crippen molar-refractivity contribution in [3.63, 3.8) is 0 Å². The number of amides is 2. The zero-order chi connectivity index (χ0) is 19.2. The van der Waals surface area contributed by atoms with Crippen LogP contribution in [-0.4, -0.2) is 27.9 Å². The average molecular weight is 364 g/mol. The van der Waals surface area contributed by atoms with Crippen LogP contribution in [0.5, 0.6) is 0 Å². The molecule has 0 fully saturated rings. The maximum atomic E-state index is 12.8. The molecule has 0 saturated carbocycles. The first-order valence-electron chi connectivity index (χ1n) is 9.43. The van der Waals surface area contributed by atoms with E-state index in [-0.39, 0.29) is 11.8 Å². The molecule has 0 aliphatic carbocycles. The standard InChI is InChI=1S/C21H24N4O2/c1-4-5-10-22-18(26)17-19(27)24-21(2,3)20-23-15-11-13-8-6-7-9-14(13)12-16(15)25(17)20/h6-9,11-12,17H,4-5,10H2,1-3H3,(H,22,26)(H,24,27). The smallest absolute Gasteiger partial charge is 0.253 e. The van der Waals surface area contributed by atoms with Gasteiger partial charge in [-0.1, -0.05) is 37.6 Å². The highest BCUT2D eigenvalue weighted by Crippen LogP contribution is 2.34. The molecule has 0 spiro atoms. The lowest BCUT2D eigenvalue weighted by Gasteiger charge is -2.35. The summed E-state index contributed by atoms with van der Waals surface area (Å²) in [6, 6.07) is 11.1. The summed E-state index contributed by atoms with van der Waals surface area (Å²) in [6.45, 7) is 6.45. The molecule has 6 heteroatoms. The Morgan fingerprint density at radius 3 is 2.67 bits per heavy atom. The molecule has 27 heavy (non-hydrogen) atoms. The highest BCUT2D eigenvalue weighted by molar-refractivity contribution is 6.06. The minimum atomic E-state index is -0.948. The molecule has 2 amide bonds. The van der Waals surface area contributed by atoms with E-state index in [4.69, 9.17) is 4.98 Å². The number of imidazole rings is 1. The van der Waals surface area contributed by atoms with Crippen LogP contribution in [0.25, 0.3) is 21.8 Å². The van der Waals surface area contributed by atoms with Gasteiger partial charge in [0, 0.05) is 6.54 Å². The first-order valence-corrected chi connectivity index (χ1v) is 9.43. The van der Waals surface area contributed by atoms with E-state index >= 15 is 0 Å². The molecule has 3 aromatic rings. The van der Waals surface area contributed by atoms with Gasteiger partial charge in [-0.2, -0.15) is 0 Å².